The van der Waals surface area contributed by atoms with Crippen molar-refractivity contribution in [2.45, 2.75) is 52.1 Å². The van der Waals surface area contributed by atoms with Crippen LogP contribution in [0.15, 0.2) is 24.3 Å². The molecule has 0 aliphatic heterocycles. The van der Waals surface area contributed by atoms with Crippen molar-refractivity contribution in [2.24, 2.45) is 5.73 Å². The van der Waals surface area contributed by atoms with Gasteiger partial charge in [0.05, 0.1) is 0 Å². The van der Waals surface area contributed by atoms with E-state index in [1.165, 1.54) is 5.56 Å². The molecule has 1 aromatic rings. The van der Waals surface area contributed by atoms with Gasteiger partial charge in [-0.15, -0.1) is 0 Å². The first-order chi connectivity index (χ1) is 8.93. The van der Waals surface area contributed by atoms with Crippen molar-refractivity contribution < 1.29 is 4.79 Å². The summed E-state index contributed by atoms with van der Waals surface area (Å²) in [6.45, 7) is 6.92. The number of amides is 1. The van der Waals surface area contributed by atoms with Crippen LogP contribution < -0.4 is 5.73 Å². The summed E-state index contributed by atoms with van der Waals surface area (Å²) >= 11 is 0. The van der Waals surface area contributed by atoms with Crippen molar-refractivity contribution in [2.75, 3.05) is 7.05 Å². The minimum Gasteiger partial charge on any atom is -0.341 e. The topological polar surface area (TPSA) is 46.3 Å². The third-order valence-electron chi connectivity index (χ3n) is 3.50. The second-order valence-corrected chi connectivity index (χ2v) is 5.48. The molecule has 106 valence electrons. The molecule has 0 radical (unpaired) electrons. The number of hydrogen-bond donors (Lipinski definition) is 1. The Kier molecular flexibility index (Phi) is 6.03. The lowest BCUT2D eigenvalue weighted by atomic mass is 9.97. The van der Waals surface area contributed by atoms with E-state index in [0.717, 1.165) is 12.0 Å². The second-order valence-electron chi connectivity index (χ2n) is 5.48. The van der Waals surface area contributed by atoms with E-state index in [9.17, 15) is 4.79 Å². The van der Waals surface area contributed by atoms with Gasteiger partial charge in [0.25, 0.3) is 0 Å². The van der Waals surface area contributed by atoms with Gasteiger partial charge in [-0.25, -0.2) is 0 Å². The van der Waals surface area contributed by atoms with E-state index >= 15 is 0 Å². The van der Waals surface area contributed by atoms with Crippen molar-refractivity contribution >= 4 is 5.91 Å². The van der Waals surface area contributed by atoms with Crippen LogP contribution in [0.4, 0.5) is 0 Å². The molecule has 0 saturated heterocycles. The maximum atomic E-state index is 11.8. The van der Waals surface area contributed by atoms with Crippen LogP contribution in [-0.4, -0.2) is 23.9 Å². The maximum Gasteiger partial charge on any atom is 0.224 e. The summed E-state index contributed by atoms with van der Waals surface area (Å²) in [6.07, 6.45) is 1.55. The van der Waals surface area contributed by atoms with Crippen LogP contribution in [0.25, 0.3) is 0 Å². The molecular weight excluding hydrogens is 236 g/mol. The molecule has 0 fully saturated rings. The Hall–Kier alpha value is -1.35. The Labute approximate surface area is 116 Å². The highest BCUT2D eigenvalue weighted by atomic mass is 16.2. The zero-order valence-electron chi connectivity index (χ0n) is 12.5. The third kappa shape index (κ3) is 5.03. The summed E-state index contributed by atoms with van der Waals surface area (Å²) in [5.41, 5.74) is 8.16. The van der Waals surface area contributed by atoms with E-state index in [-0.39, 0.29) is 11.9 Å². The first-order valence-electron chi connectivity index (χ1n) is 7.02. The second kappa shape index (κ2) is 7.29. The summed E-state index contributed by atoms with van der Waals surface area (Å²) in [6, 6.07) is 8.46. The van der Waals surface area contributed by atoms with Crippen LogP contribution in [0.2, 0.25) is 0 Å². The van der Waals surface area contributed by atoms with Gasteiger partial charge in [-0.2, -0.15) is 0 Å². The number of benzene rings is 1. The largest absolute Gasteiger partial charge is 0.341 e. The van der Waals surface area contributed by atoms with Crippen LogP contribution in [-0.2, 0) is 11.3 Å². The van der Waals surface area contributed by atoms with Gasteiger partial charge in [0.1, 0.15) is 0 Å². The molecule has 1 rings (SSSR count). The molecule has 2 atom stereocenters. The normalized spacial score (nSPS) is 13.9. The number of nitrogens with zero attached hydrogens (tertiary/aromatic N) is 1. The summed E-state index contributed by atoms with van der Waals surface area (Å²) in [4.78, 5) is 13.6. The molecule has 0 heterocycles. The highest BCUT2D eigenvalue weighted by Crippen LogP contribution is 2.19. The van der Waals surface area contributed by atoms with E-state index in [4.69, 9.17) is 5.73 Å². The zero-order valence-corrected chi connectivity index (χ0v) is 12.5. The van der Waals surface area contributed by atoms with Crippen molar-refractivity contribution in [3.05, 3.63) is 35.4 Å². The summed E-state index contributed by atoms with van der Waals surface area (Å²) < 4.78 is 0. The van der Waals surface area contributed by atoms with Crippen LogP contribution >= 0.6 is 0 Å². The summed E-state index contributed by atoms with van der Waals surface area (Å²) in [5, 5.41) is 0. The molecule has 0 saturated carbocycles. The zero-order chi connectivity index (χ0) is 14.4. The van der Waals surface area contributed by atoms with Gasteiger partial charge < -0.3 is 10.6 Å². The SMILES string of the molecule is CCC(C)c1ccc(CN(C)C(=O)CC(C)N)cc1. The van der Waals surface area contributed by atoms with Gasteiger partial charge in [-0.1, -0.05) is 38.1 Å². The fraction of sp³-hybridized carbons (Fsp3) is 0.562. The quantitative estimate of drug-likeness (QED) is 0.857. The molecular formula is C16H26N2O. The lowest BCUT2D eigenvalue weighted by molar-refractivity contribution is -0.130. The third-order valence-corrected chi connectivity index (χ3v) is 3.50. The molecule has 19 heavy (non-hydrogen) atoms. The Balaban J connectivity index is 2.60. The first kappa shape index (κ1) is 15.7. The summed E-state index contributed by atoms with van der Waals surface area (Å²) in [5.74, 6) is 0.688. The Bertz CT molecular complexity index is 398. The maximum absolute atomic E-state index is 11.8. The summed E-state index contributed by atoms with van der Waals surface area (Å²) in [7, 11) is 1.83. The van der Waals surface area contributed by atoms with Crippen LogP contribution in [0.5, 0.6) is 0 Å². The highest BCUT2D eigenvalue weighted by Gasteiger charge is 2.11. The molecule has 0 aliphatic rings. The molecule has 3 nitrogen and oxygen atoms in total. The van der Waals surface area contributed by atoms with E-state index in [1.807, 2.05) is 14.0 Å². The van der Waals surface area contributed by atoms with Crippen molar-refractivity contribution in [3.8, 4) is 0 Å². The predicted molar refractivity (Wildman–Crippen MR) is 79.9 cm³/mol. The first-order valence-corrected chi connectivity index (χ1v) is 7.02. The highest BCUT2D eigenvalue weighted by molar-refractivity contribution is 5.76. The van der Waals surface area contributed by atoms with Crippen LogP contribution in [0.3, 0.4) is 0 Å². The minimum absolute atomic E-state index is 0.0808. The monoisotopic (exact) mass is 262 g/mol. The van der Waals surface area contributed by atoms with Gasteiger partial charge in [-0.3, -0.25) is 4.79 Å². The van der Waals surface area contributed by atoms with E-state index in [2.05, 4.69) is 38.1 Å². The minimum atomic E-state index is -0.0808. The number of rotatable bonds is 6. The Morgan fingerprint density at radius 3 is 2.32 bits per heavy atom. The molecule has 2 N–H and O–H groups in total. The van der Waals surface area contributed by atoms with Gasteiger partial charge in [0, 0.05) is 26.1 Å². The number of carbonyl (C=O) groups excluding carboxylic acids is 1. The molecule has 0 bridgehead atoms. The number of hydrogen-bond acceptors (Lipinski definition) is 2. The van der Waals surface area contributed by atoms with E-state index in [1.54, 1.807) is 4.90 Å². The molecule has 3 heteroatoms. The fourth-order valence-corrected chi connectivity index (χ4v) is 1.98. The van der Waals surface area contributed by atoms with Gasteiger partial charge >= 0.3 is 0 Å². The Morgan fingerprint density at radius 2 is 1.84 bits per heavy atom. The standard InChI is InChI=1S/C16H26N2O/c1-5-12(2)15-8-6-14(7-9-15)11-18(4)16(19)10-13(3)17/h6-9,12-13H,5,10-11,17H2,1-4H3. The van der Waals surface area contributed by atoms with Crippen molar-refractivity contribution in [1.29, 1.82) is 0 Å². The molecule has 0 spiro atoms. The van der Waals surface area contributed by atoms with E-state index < -0.39 is 0 Å². The molecule has 0 aliphatic carbocycles. The molecule has 1 amide bonds. The van der Waals surface area contributed by atoms with Crippen LogP contribution in [0.1, 0.15) is 50.7 Å². The van der Waals surface area contributed by atoms with Crippen LogP contribution in [0, 0.1) is 0 Å². The smallest absolute Gasteiger partial charge is 0.224 e. The van der Waals surface area contributed by atoms with Crippen molar-refractivity contribution in [3.63, 3.8) is 0 Å². The van der Waals surface area contributed by atoms with Gasteiger partial charge in [0.2, 0.25) is 5.91 Å². The average Bonchev–Trinajstić information content (AvgIpc) is 2.37. The van der Waals surface area contributed by atoms with E-state index in [0.29, 0.717) is 18.9 Å². The molecule has 1 aromatic carbocycles. The fourth-order valence-electron chi connectivity index (χ4n) is 1.98. The van der Waals surface area contributed by atoms with Gasteiger partial charge in [-0.05, 0) is 30.4 Å². The lowest BCUT2D eigenvalue weighted by Crippen LogP contribution is -2.31. The molecule has 2 unspecified atom stereocenters. The average molecular weight is 262 g/mol. The number of nitrogens with two attached hydrogens (primary N) is 1. The van der Waals surface area contributed by atoms with Crippen molar-refractivity contribution in [1.82, 2.24) is 4.90 Å². The predicted octanol–water partition coefficient (Wildman–Crippen LogP) is 2.90. The van der Waals surface area contributed by atoms with Gasteiger partial charge in [0.15, 0.2) is 0 Å². The number of carbonyl (C=O) groups is 1. The Morgan fingerprint density at radius 1 is 1.26 bits per heavy atom. The molecule has 0 aromatic heterocycles. The lowest BCUT2D eigenvalue weighted by Gasteiger charge is -2.19.